The van der Waals surface area contributed by atoms with Gasteiger partial charge in [0.15, 0.2) is 0 Å². The largest absolute Gasteiger partial charge is 0.417 e. The Kier molecular flexibility index (Phi) is 4.54. The van der Waals surface area contributed by atoms with Crippen LogP contribution in [0, 0.1) is 0 Å². The van der Waals surface area contributed by atoms with Crippen molar-refractivity contribution < 1.29 is 18.0 Å². The lowest BCUT2D eigenvalue weighted by atomic mass is 10.0. The van der Waals surface area contributed by atoms with Crippen molar-refractivity contribution in [2.45, 2.75) is 6.18 Å². The third kappa shape index (κ3) is 3.68. The Labute approximate surface area is 167 Å². The number of rotatable bonds is 3. The smallest absolute Gasteiger partial charge is 0.354 e. The van der Waals surface area contributed by atoms with Gasteiger partial charge in [0, 0.05) is 39.9 Å². The van der Waals surface area contributed by atoms with Gasteiger partial charge in [-0.25, -0.2) is 9.67 Å². The average Bonchev–Trinajstić information content (AvgIpc) is 3.26. The van der Waals surface area contributed by atoms with Crippen LogP contribution in [-0.4, -0.2) is 25.7 Å². The molecule has 0 radical (unpaired) electrons. The molecule has 0 aliphatic heterocycles. The van der Waals surface area contributed by atoms with Crippen LogP contribution in [0.2, 0.25) is 5.02 Å². The molecule has 1 amide bonds. The van der Waals surface area contributed by atoms with E-state index < -0.39 is 17.6 Å². The molecule has 0 saturated carbocycles. The van der Waals surface area contributed by atoms with Crippen LogP contribution in [0.5, 0.6) is 0 Å². The summed E-state index contributed by atoms with van der Waals surface area (Å²) in [6.07, 6.45) is -3.26. The lowest BCUT2D eigenvalue weighted by Crippen LogP contribution is -2.17. The third-order valence-electron chi connectivity index (χ3n) is 4.37. The number of halogens is 4. The molecule has 2 heterocycles. The van der Waals surface area contributed by atoms with E-state index in [0.29, 0.717) is 16.6 Å². The Morgan fingerprint density at radius 2 is 1.97 bits per heavy atom. The van der Waals surface area contributed by atoms with Crippen molar-refractivity contribution in [2.75, 3.05) is 5.32 Å². The number of carbonyl (C=O) groups is 1. The summed E-state index contributed by atoms with van der Waals surface area (Å²) >= 11 is 5.92. The van der Waals surface area contributed by atoms with E-state index in [9.17, 15) is 18.0 Å². The van der Waals surface area contributed by atoms with E-state index in [1.807, 2.05) is 0 Å². The summed E-state index contributed by atoms with van der Waals surface area (Å²) in [5.74, 6) is -0.323. The Morgan fingerprint density at radius 3 is 2.66 bits per heavy atom. The maximum atomic E-state index is 13.4. The molecule has 0 aliphatic rings. The average molecular weight is 420 g/mol. The van der Waals surface area contributed by atoms with E-state index in [4.69, 9.17) is 11.6 Å². The first-order chi connectivity index (χ1) is 13.7. The highest BCUT2D eigenvalue weighted by Gasteiger charge is 2.34. The summed E-state index contributed by atoms with van der Waals surface area (Å²) in [6, 6.07) is 10.0. The van der Waals surface area contributed by atoms with Crippen molar-refractivity contribution in [3.8, 4) is 11.3 Å². The van der Waals surface area contributed by atoms with E-state index in [0.717, 1.165) is 6.07 Å². The summed E-state index contributed by atoms with van der Waals surface area (Å²) < 4.78 is 41.5. The predicted octanol–water partition coefficient (Wildman–Crippen LogP) is 4.89. The van der Waals surface area contributed by atoms with Gasteiger partial charge in [-0.2, -0.15) is 18.3 Å². The fourth-order valence-corrected chi connectivity index (χ4v) is 3.20. The van der Waals surface area contributed by atoms with Crippen LogP contribution in [0.25, 0.3) is 22.2 Å². The number of fused-ring (bicyclic) bond motifs is 1. The van der Waals surface area contributed by atoms with Crippen LogP contribution in [0.15, 0.2) is 48.8 Å². The van der Waals surface area contributed by atoms with Gasteiger partial charge in [0.1, 0.15) is 6.33 Å². The molecule has 0 spiro atoms. The zero-order chi connectivity index (χ0) is 20.8. The van der Waals surface area contributed by atoms with Crippen molar-refractivity contribution in [1.82, 2.24) is 19.7 Å². The fourth-order valence-electron chi connectivity index (χ4n) is 3.03. The van der Waals surface area contributed by atoms with Gasteiger partial charge >= 0.3 is 6.18 Å². The van der Waals surface area contributed by atoms with Crippen molar-refractivity contribution in [3.05, 3.63) is 65.2 Å². The summed E-state index contributed by atoms with van der Waals surface area (Å²) in [5.41, 5.74) is 0.451. The first kappa shape index (κ1) is 19.0. The Bertz CT molecular complexity index is 1230. The number of hydrogen-bond donors (Lipinski definition) is 2. The second-order valence-electron chi connectivity index (χ2n) is 6.33. The van der Waals surface area contributed by atoms with Gasteiger partial charge in [-0.15, -0.1) is 0 Å². The minimum Gasteiger partial charge on any atom is -0.354 e. The van der Waals surface area contributed by atoms with Gasteiger partial charge < -0.3 is 10.3 Å². The van der Waals surface area contributed by atoms with Crippen molar-refractivity contribution >= 4 is 34.1 Å². The number of nitrogens with zero attached hydrogens (tertiary/aromatic N) is 3. The number of aryl methyl sites for hydroxylation is 1. The Morgan fingerprint density at radius 1 is 1.17 bits per heavy atom. The highest BCUT2D eigenvalue weighted by molar-refractivity contribution is 6.30. The maximum Gasteiger partial charge on any atom is 0.417 e. The van der Waals surface area contributed by atoms with Crippen LogP contribution in [0.4, 0.5) is 18.9 Å². The monoisotopic (exact) mass is 419 g/mol. The topological polar surface area (TPSA) is 75.6 Å². The lowest BCUT2D eigenvalue weighted by Gasteiger charge is -2.12. The first-order valence-corrected chi connectivity index (χ1v) is 8.75. The molecule has 4 rings (SSSR count). The van der Waals surface area contributed by atoms with Crippen LogP contribution in [0.3, 0.4) is 0 Å². The molecule has 0 saturated heterocycles. The third-order valence-corrected chi connectivity index (χ3v) is 4.61. The number of anilines is 1. The fraction of sp³-hybridized carbons (Fsp3) is 0.105. The Hall–Kier alpha value is -3.33. The molecule has 6 nitrogen and oxygen atoms in total. The molecule has 2 N–H and O–H groups in total. The van der Waals surface area contributed by atoms with Crippen molar-refractivity contribution in [3.63, 3.8) is 0 Å². The van der Waals surface area contributed by atoms with Gasteiger partial charge in [-0.1, -0.05) is 17.7 Å². The zero-order valence-corrected chi connectivity index (χ0v) is 15.6. The highest BCUT2D eigenvalue weighted by Crippen LogP contribution is 2.39. The quantitative estimate of drug-likeness (QED) is 0.496. The lowest BCUT2D eigenvalue weighted by molar-refractivity contribution is -0.137. The molecule has 0 unspecified atom stereocenters. The van der Waals surface area contributed by atoms with Gasteiger partial charge in [0.05, 0.1) is 5.56 Å². The summed E-state index contributed by atoms with van der Waals surface area (Å²) in [5, 5.41) is 7.41. The second-order valence-corrected chi connectivity index (χ2v) is 6.77. The molecule has 0 aliphatic carbocycles. The van der Waals surface area contributed by atoms with Crippen LogP contribution in [0.1, 0.15) is 16.2 Å². The van der Waals surface area contributed by atoms with E-state index in [1.54, 1.807) is 31.3 Å². The molecule has 0 bridgehead atoms. The van der Waals surface area contributed by atoms with Crippen molar-refractivity contribution in [2.24, 2.45) is 7.05 Å². The van der Waals surface area contributed by atoms with Gasteiger partial charge in [-0.05, 0) is 36.4 Å². The molecule has 4 aromatic rings. The number of benzene rings is 2. The van der Waals surface area contributed by atoms with Gasteiger partial charge in [-0.3, -0.25) is 4.79 Å². The summed E-state index contributed by atoms with van der Waals surface area (Å²) in [4.78, 5) is 19.1. The van der Waals surface area contributed by atoms with E-state index in [-0.39, 0.29) is 22.1 Å². The molecule has 10 heteroatoms. The second kappa shape index (κ2) is 6.93. The van der Waals surface area contributed by atoms with Gasteiger partial charge in [0.25, 0.3) is 5.91 Å². The van der Waals surface area contributed by atoms with E-state index >= 15 is 0 Å². The number of aromatic amines is 1. The van der Waals surface area contributed by atoms with E-state index in [1.165, 1.54) is 23.1 Å². The number of H-pyrrole nitrogens is 1. The molecular weight excluding hydrogens is 407 g/mol. The predicted molar refractivity (Wildman–Crippen MR) is 103 cm³/mol. The number of hydrogen-bond acceptors (Lipinski definition) is 3. The van der Waals surface area contributed by atoms with E-state index in [2.05, 4.69) is 20.4 Å². The zero-order valence-electron chi connectivity index (χ0n) is 14.9. The number of carbonyl (C=O) groups excluding carboxylic acids is 1. The van der Waals surface area contributed by atoms with Gasteiger partial charge in [0.2, 0.25) is 5.82 Å². The Balaban J connectivity index is 1.71. The van der Waals surface area contributed by atoms with Crippen LogP contribution < -0.4 is 5.32 Å². The highest BCUT2D eigenvalue weighted by atomic mass is 35.5. The first-order valence-electron chi connectivity index (χ1n) is 8.37. The number of aromatic nitrogens is 4. The maximum absolute atomic E-state index is 13.4. The SMILES string of the molecule is Cn1ncnc1C(=O)Nc1ccc2cc(-c3cc(Cl)ccc3C(F)(F)F)[nH]c2c1. The molecule has 29 heavy (non-hydrogen) atoms. The number of nitrogens with one attached hydrogen (secondary N) is 2. The molecule has 0 atom stereocenters. The number of amides is 1. The standard InChI is InChI=1S/C19H13ClF3N5O/c1-28-17(24-9-25-28)18(29)26-12-4-2-10-6-16(27-15(10)8-12)13-7-11(20)3-5-14(13)19(21,22)23/h2-9,27H,1H3,(H,26,29). The number of alkyl halides is 3. The van der Waals surface area contributed by atoms with Crippen LogP contribution in [-0.2, 0) is 13.2 Å². The molecule has 148 valence electrons. The molecular formula is C19H13ClF3N5O. The normalized spacial score (nSPS) is 11.8. The minimum absolute atomic E-state index is 0.0501. The molecule has 2 aromatic heterocycles. The summed E-state index contributed by atoms with van der Waals surface area (Å²) in [6.45, 7) is 0. The van der Waals surface area contributed by atoms with Crippen molar-refractivity contribution in [1.29, 1.82) is 0 Å². The molecule has 0 fully saturated rings. The summed E-state index contributed by atoms with van der Waals surface area (Å²) in [7, 11) is 1.59. The minimum atomic E-state index is -4.52. The van der Waals surface area contributed by atoms with Crippen LogP contribution >= 0.6 is 11.6 Å². The molecule has 2 aromatic carbocycles.